The lowest BCUT2D eigenvalue weighted by Gasteiger charge is -2.03. The van der Waals surface area contributed by atoms with Crippen LogP contribution in [-0.2, 0) is 6.61 Å². The van der Waals surface area contributed by atoms with E-state index in [1.165, 1.54) is 23.5 Å². The Labute approximate surface area is 120 Å². The van der Waals surface area contributed by atoms with Gasteiger partial charge in [0.25, 0.3) is 5.69 Å². The highest BCUT2D eigenvalue weighted by atomic mass is 32.1. The first kappa shape index (κ1) is 14.1. The van der Waals surface area contributed by atoms with E-state index in [0.29, 0.717) is 18.9 Å². The van der Waals surface area contributed by atoms with Gasteiger partial charge in [-0.05, 0) is 12.1 Å². The van der Waals surface area contributed by atoms with Crippen molar-refractivity contribution in [2.24, 2.45) is 5.73 Å². The summed E-state index contributed by atoms with van der Waals surface area (Å²) in [4.78, 5) is 11.2. The van der Waals surface area contributed by atoms with E-state index in [1.807, 2.05) is 11.4 Å². The molecular formula is C14H12N2O3S. The van der Waals surface area contributed by atoms with E-state index in [0.717, 1.165) is 10.4 Å². The molecule has 0 saturated heterocycles. The second-order valence-electron chi connectivity index (χ2n) is 3.85. The number of hydrogen-bond donors (Lipinski definition) is 1. The van der Waals surface area contributed by atoms with Gasteiger partial charge in [0.1, 0.15) is 12.4 Å². The van der Waals surface area contributed by atoms with Gasteiger partial charge in [0.15, 0.2) is 0 Å². The van der Waals surface area contributed by atoms with Crippen LogP contribution in [0.1, 0.15) is 10.4 Å². The minimum absolute atomic E-state index is 0.0168. The van der Waals surface area contributed by atoms with Crippen molar-refractivity contribution in [3.63, 3.8) is 0 Å². The first-order valence-corrected chi connectivity index (χ1v) is 6.70. The van der Waals surface area contributed by atoms with E-state index in [1.54, 1.807) is 12.1 Å². The van der Waals surface area contributed by atoms with Gasteiger partial charge in [-0.25, -0.2) is 0 Å². The molecule has 0 amide bonds. The van der Waals surface area contributed by atoms with Crippen molar-refractivity contribution in [3.05, 3.63) is 56.3 Å². The highest BCUT2D eigenvalue weighted by Gasteiger charge is 2.06. The van der Waals surface area contributed by atoms with Crippen LogP contribution in [0.2, 0.25) is 0 Å². The van der Waals surface area contributed by atoms with E-state index in [9.17, 15) is 10.1 Å². The quantitative estimate of drug-likeness (QED) is 0.533. The van der Waals surface area contributed by atoms with Gasteiger partial charge in [-0.15, -0.1) is 11.3 Å². The van der Waals surface area contributed by atoms with E-state index in [-0.39, 0.29) is 5.69 Å². The third-order valence-corrected chi connectivity index (χ3v) is 3.31. The maximum absolute atomic E-state index is 10.7. The molecule has 2 aromatic rings. The Morgan fingerprint density at radius 3 is 3.00 bits per heavy atom. The van der Waals surface area contributed by atoms with Gasteiger partial charge in [-0.1, -0.05) is 17.9 Å². The lowest BCUT2D eigenvalue weighted by Crippen LogP contribution is -1.94. The molecule has 0 aliphatic carbocycles. The number of nitro groups is 1. The number of rotatable bonds is 4. The maximum atomic E-state index is 10.7. The van der Waals surface area contributed by atoms with Gasteiger partial charge < -0.3 is 10.5 Å². The summed E-state index contributed by atoms with van der Waals surface area (Å²) < 4.78 is 5.53. The number of thiophene rings is 1. The lowest BCUT2D eigenvalue weighted by molar-refractivity contribution is -0.384. The van der Waals surface area contributed by atoms with Crippen LogP contribution in [0.25, 0.3) is 0 Å². The van der Waals surface area contributed by atoms with Crippen LogP contribution >= 0.6 is 11.3 Å². The van der Waals surface area contributed by atoms with Crippen LogP contribution < -0.4 is 10.5 Å². The summed E-state index contributed by atoms with van der Waals surface area (Å²) in [6.07, 6.45) is 0. The van der Waals surface area contributed by atoms with Crippen LogP contribution in [0.3, 0.4) is 0 Å². The summed E-state index contributed by atoms with van der Waals surface area (Å²) in [5.74, 6) is 6.19. The number of nitrogens with two attached hydrogens (primary N) is 1. The Kier molecular flexibility index (Phi) is 4.71. The Hall–Kier alpha value is -2.36. The minimum Gasteiger partial charge on any atom is -0.488 e. The molecule has 2 rings (SSSR count). The zero-order valence-corrected chi connectivity index (χ0v) is 11.4. The zero-order valence-electron chi connectivity index (χ0n) is 10.5. The van der Waals surface area contributed by atoms with Gasteiger partial charge in [0.05, 0.1) is 17.5 Å². The van der Waals surface area contributed by atoms with E-state index in [2.05, 4.69) is 11.8 Å². The van der Waals surface area contributed by atoms with Crippen LogP contribution in [0.15, 0.2) is 35.7 Å². The van der Waals surface area contributed by atoms with E-state index < -0.39 is 4.92 Å². The molecule has 0 saturated carbocycles. The first-order valence-electron chi connectivity index (χ1n) is 5.82. The summed E-state index contributed by atoms with van der Waals surface area (Å²) in [6, 6.07) is 8.04. The van der Waals surface area contributed by atoms with Gasteiger partial charge in [0, 0.05) is 21.9 Å². The SMILES string of the molecule is NCC#Cc1csc(COc2cccc([N+](=O)[O-])c2)c1. The molecule has 0 bridgehead atoms. The Morgan fingerprint density at radius 1 is 1.40 bits per heavy atom. The fraction of sp³-hybridized carbons (Fsp3) is 0.143. The standard InChI is InChI=1S/C14H12N2O3S/c15-6-2-3-11-7-14(20-10-11)9-19-13-5-1-4-12(8-13)16(17)18/h1,4-5,7-8,10H,6,9,15H2. The van der Waals surface area contributed by atoms with Gasteiger partial charge in [0.2, 0.25) is 0 Å². The summed E-state index contributed by atoms with van der Waals surface area (Å²) in [6.45, 7) is 0.686. The minimum atomic E-state index is -0.446. The molecule has 6 heteroatoms. The zero-order chi connectivity index (χ0) is 14.4. The average molecular weight is 288 g/mol. The number of nitrogens with zero attached hydrogens (tertiary/aromatic N) is 1. The van der Waals surface area contributed by atoms with Crippen LogP contribution in [0, 0.1) is 22.0 Å². The molecule has 0 atom stereocenters. The second kappa shape index (κ2) is 6.70. The molecule has 102 valence electrons. The van der Waals surface area contributed by atoms with Crippen molar-refractivity contribution >= 4 is 17.0 Å². The first-order chi connectivity index (χ1) is 9.69. The third kappa shape index (κ3) is 3.82. The summed E-state index contributed by atoms with van der Waals surface area (Å²) in [5.41, 5.74) is 6.22. The predicted octanol–water partition coefficient (Wildman–Crippen LogP) is 2.55. The van der Waals surface area contributed by atoms with Crippen molar-refractivity contribution in [2.75, 3.05) is 6.54 Å². The Balaban J connectivity index is 2.00. The number of non-ortho nitro benzene ring substituents is 1. The third-order valence-electron chi connectivity index (χ3n) is 2.40. The molecule has 0 aliphatic heterocycles. The van der Waals surface area contributed by atoms with Crippen molar-refractivity contribution in [1.82, 2.24) is 0 Å². The average Bonchev–Trinajstić information content (AvgIpc) is 2.91. The number of nitro benzene ring substituents is 1. The summed E-state index contributed by atoms with van der Waals surface area (Å²) in [7, 11) is 0. The molecule has 0 aliphatic rings. The molecule has 5 nitrogen and oxygen atoms in total. The molecule has 1 aromatic heterocycles. The van der Waals surface area contributed by atoms with Crippen molar-refractivity contribution < 1.29 is 9.66 Å². The largest absolute Gasteiger partial charge is 0.488 e. The van der Waals surface area contributed by atoms with Gasteiger partial charge in [-0.2, -0.15) is 0 Å². The molecule has 0 radical (unpaired) electrons. The summed E-state index contributed by atoms with van der Waals surface area (Å²) in [5, 5.41) is 12.6. The summed E-state index contributed by atoms with van der Waals surface area (Å²) >= 11 is 1.53. The topological polar surface area (TPSA) is 78.4 Å². The molecule has 1 heterocycles. The highest BCUT2D eigenvalue weighted by Crippen LogP contribution is 2.21. The van der Waals surface area contributed by atoms with E-state index in [4.69, 9.17) is 10.5 Å². The number of benzene rings is 1. The Bertz CT molecular complexity index is 670. The molecule has 1 aromatic carbocycles. The van der Waals surface area contributed by atoms with E-state index >= 15 is 0 Å². The van der Waals surface area contributed by atoms with Crippen molar-refractivity contribution in [3.8, 4) is 17.6 Å². The van der Waals surface area contributed by atoms with Crippen LogP contribution in [0.5, 0.6) is 5.75 Å². The molecule has 0 spiro atoms. The lowest BCUT2D eigenvalue weighted by atomic mass is 10.3. The van der Waals surface area contributed by atoms with Crippen molar-refractivity contribution in [2.45, 2.75) is 6.61 Å². The number of hydrogen-bond acceptors (Lipinski definition) is 5. The van der Waals surface area contributed by atoms with Gasteiger partial charge in [-0.3, -0.25) is 10.1 Å². The van der Waals surface area contributed by atoms with Crippen LogP contribution in [-0.4, -0.2) is 11.5 Å². The molecule has 0 fully saturated rings. The number of ether oxygens (including phenoxy) is 1. The normalized spacial score (nSPS) is 9.65. The fourth-order valence-electron chi connectivity index (χ4n) is 1.52. The maximum Gasteiger partial charge on any atom is 0.273 e. The highest BCUT2D eigenvalue weighted by molar-refractivity contribution is 7.10. The smallest absolute Gasteiger partial charge is 0.273 e. The molecule has 0 unspecified atom stereocenters. The fourth-order valence-corrected chi connectivity index (χ4v) is 2.24. The molecule has 20 heavy (non-hydrogen) atoms. The van der Waals surface area contributed by atoms with Crippen molar-refractivity contribution in [1.29, 1.82) is 0 Å². The Morgan fingerprint density at radius 2 is 2.25 bits per heavy atom. The second-order valence-corrected chi connectivity index (χ2v) is 4.85. The molecule has 2 N–H and O–H groups in total. The molecular weight excluding hydrogens is 276 g/mol. The van der Waals surface area contributed by atoms with Gasteiger partial charge >= 0.3 is 0 Å². The predicted molar refractivity (Wildman–Crippen MR) is 77.7 cm³/mol. The monoisotopic (exact) mass is 288 g/mol. The van der Waals surface area contributed by atoms with Crippen LogP contribution in [0.4, 0.5) is 5.69 Å².